The molecule has 2 fully saturated rings. The highest BCUT2D eigenvalue weighted by Crippen LogP contribution is 2.53. The number of nitrogens with one attached hydrogen (secondary N) is 1. The van der Waals surface area contributed by atoms with E-state index in [-0.39, 0.29) is 0 Å². The van der Waals surface area contributed by atoms with Crippen LogP contribution in [0.1, 0.15) is 32.6 Å². The summed E-state index contributed by atoms with van der Waals surface area (Å²) in [5.74, 6) is 2.58. The average molecular weight is 300 g/mol. The van der Waals surface area contributed by atoms with Crippen LogP contribution in [0.15, 0.2) is 33.2 Å². The van der Waals surface area contributed by atoms with Crippen LogP contribution in [0.2, 0.25) is 0 Å². The highest BCUT2D eigenvalue weighted by molar-refractivity contribution is 8.05. The summed E-state index contributed by atoms with van der Waals surface area (Å²) in [6.07, 6.45) is 7.97. The molecule has 3 heteroatoms. The Balaban J connectivity index is 1.66. The van der Waals surface area contributed by atoms with Crippen molar-refractivity contribution < 1.29 is 0 Å². The first-order valence-electron chi connectivity index (χ1n) is 8.60. The summed E-state index contributed by atoms with van der Waals surface area (Å²) >= 11 is 2.00. The molecule has 5 rings (SSSR count). The van der Waals surface area contributed by atoms with Crippen LogP contribution < -0.4 is 5.32 Å². The van der Waals surface area contributed by atoms with Crippen LogP contribution in [0.3, 0.4) is 0 Å². The fourth-order valence-electron chi connectivity index (χ4n) is 4.92. The van der Waals surface area contributed by atoms with Gasteiger partial charge in [0.2, 0.25) is 0 Å². The first-order chi connectivity index (χ1) is 10.3. The highest BCUT2D eigenvalue weighted by atomic mass is 32.2. The first-order valence-corrected chi connectivity index (χ1v) is 9.48. The molecule has 0 bridgehead atoms. The van der Waals surface area contributed by atoms with E-state index in [1.165, 1.54) is 32.2 Å². The second kappa shape index (κ2) is 4.66. The van der Waals surface area contributed by atoms with Gasteiger partial charge in [0.05, 0.1) is 11.7 Å². The zero-order valence-electron chi connectivity index (χ0n) is 12.8. The van der Waals surface area contributed by atoms with E-state index in [4.69, 9.17) is 0 Å². The Morgan fingerprint density at radius 1 is 1.29 bits per heavy atom. The summed E-state index contributed by atoms with van der Waals surface area (Å²) in [5, 5.41) is 6.08. The smallest absolute Gasteiger partial charge is 0.0568 e. The third-order valence-corrected chi connectivity index (χ3v) is 7.26. The van der Waals surface area contributed by atoms with E-state index in [1.807, 2.05) is 11.8 Å². The van der Waals surface area contributed by atoms with Gasteiger partial charge in [0, 0.05) is 24.5 Å². The van der Waals surface area contributed by atoms with Crippen molar-refractivity contribution in [2.45, 2.75) is 38.6 Å². The van der Waals surface area contributed by atoms with Crippen LogP contribution in [0.25, 0.3) is 0 Å². The van der Waals surface area contributed by atoms with Crippen molar-refractivity contribution in [1.29, 1.82) is 0 Å². The van der Waals surface area contributed by atoms with Crippen molar-refractivity contribution in [3.05, 3.63) is 33.2 Å². The first kappa shape index (κ1) is 12.8. The molecule has 5 aliphatic rings. The van der Waals surface area contributed by atoms with E-state index in [1.54, 1.807) is 21.7 Å². The highest BCUT2D eigenvalue weighted by Gasteiger charge is 2.49. The van der Waals surface area contributed by atoms with Crippen molar-refractivity contribution in [2.24, 2.45) is 17.8 Å². The minimum atomic E-state index is 0.715. The molecule has 3 unspecified atom stereocenters. The molecule has 0 aromatic carbocycles. The number of hydrogen-bond donors (Lipinski definition) is 1. The molecule has 0 aromatic heterocycles. The normalized spacial score (nSPS) is 38.5. The molecule has 112 valence electrons. The quantitative estimate of drug-likeness (QED) is 0.798. The summed E-state index contributed by atoms with van der Waals surface area (Å²) in [4.78, 5) is 4.44. The molecule has 0 aromatic rings. The SMILES string of the molecule is CC1CCC2=C3CNCC(C4CC4)C3N3CC=CSC1=C23. The number of hydrogen-bond acceptors (Lipinski definition) is 3. The van der Waals surface area contributed by atoms with E-state index in [9.17, 15) is 0 Å². The Bertz CT molecular complexity index is 570. The standard InChI is InChI=1S/C18H24N2S/c1-11-3-6-13-15-10-19-9-14(12-4-5-12)16(15)20-7-2-8-21-18(11)17(13)20/h2,8,11-12,14,16,19H,3-7,9-10H2,1H3. The maximum atomic E-state index is 3.74. The molecule has 21 heavy (non-hydrogen) atoms. The molecular weight excluding hydrogens is 276 g/mol. The molecule has 3 heterocycles. The fraction of sp³-hybridized carbons (Fsp3) is 0.667. The lowest BCUT2D eigenvalue weighted by molar-refractivity contribution is 0.204. The number of thioether (sulfide) groups is 1. The lowest BCUT2D eigenvalue weighted by Crippen LogP contribution is -2.48. The van der Waals surface area contributed by atoms with Crippen LogP contribution in [0, 0.1) is 17.8 Å². The molecular formula is C18H24N2S. The van der Waals surface area contributed by atoms with Crippen LogP contribution >= 0.6 is 11.8 Å². The van der Waals surface area contributed by atoms with E-state index in [0.29, 0.717) is 6.04 Å². The van der Waals surface area contributed by atoms with Crippen LogP contribution in [0.5, 0.6) is 0 Å². The van der Waals surface area contributed by atoms with E-state index in [2.05, 4.69) is 28.6 Å². The van der Waals surface area contributed by atoms with Crippen molar-refractivity contribution in [2.75, 3.05) is 19.6 Å². The third-order valence-electron chi connectivity index (χ3n) is 6.08. The van der Waals surface area contributed by atoms with E-state index < -0.39 is 0 Å². The third kappa shape index (κ3) is 1.83. The van der Waals surface area contributed by atoms with Gasteiger partial charge in [0.1, 0.15) is 0 Å². The van der Waals surface area contributed by atoms with Crippen molar-refractivity contribution >= 4 is 11.8 Å². The predicted molar refractivity (Wildman–Crippen MR) is 88.8 cm³/mol. The van der Waals surface area contributed by atoms with Gasteiger partial charge in [0.25, 0.3) is 0 Å². The van der Waals surface area contributed by atoms with Gasteiger partial charge >= 0.3 is 0 Å². The largest absolute Gasteiger partial charge is 0.360 e. The minimum Gasteiger partial charge on any atom is -0.360 e. The van der Waals surface area contributed by atoms with Gasteiger partial charge in [0.15, 0.2) is 0 Å². The summed E-state index contributed by atoms with van der Waals surface area (Å²) in [7, 11) is 0. The average Bonchev–Trinajstić information content (AvgIpc) is 3.30. The lowest BCUT2D eigenvalue weighted by Gasteiger charge is -2.39. The van der Waals surface area contributed by atoms with Gasteiger partial charge in [-0.25, -0.2) is 0 Å². The Hall–Kier alpha value is -0.670. The molecule has 0 spiro atoms. The van der Waals surface area contributed by atoms with Crippen molar-refractivity contribution in [3.8, 4) is 0 Å². The van der Waals surface area contributed by atoms with Crippen molar-refractivity contribution in [3.63, 3.8) is 0 Å². The van der Waals surface area contributed by atoms with Gasteiger partial charge in [-0.05, 0) is 60.0 Å². The zero-order chi connectivity index (χ0) is 14.0. The number of allylic oxidation sites excluding steroid dienone is 2. The van der Waals surface area contributed by atoms with Gasteiger partial charge in [-0.1, -0.05) is 13.0 Å². The monoisotopic (exact) mass is 300 g/mol. The lowest BCUT2D eigenvalue weighted by atomic mass is 9.83. The number of fused-ring (bicyclic) bond motifs is 2. The summed E-state index contributed by atoms with van der Waals surface area (Å²) in [6.45, 7) is 5.92. The molecule has 3 aliphatic heterocycles. The molecule has 1 saturated heterocycles. The summed E-state index contributed by atoms with van der Waals surface area (Å²) in [5.41, 5.74) is 5.13. The Labute approximate surface area is 131 Å². The maximum Gasteiger partial charge on any atom is 0.0568 e. The summed E-state index contributed by atoms with van der Waals surface area (Å²) < 4.78 is 0. The Morgan fingerprint density at radius 2 is 2.19 bits per heavy atom. The second-order valence-corrected chi connectivity index (χ2v) is 8.32. The predicted octanol–water partition coefficient (Wildman–Crippen LogP) is 3.50. The number of nitrogens with zero attached hydrogens (tertiary/aromatic N) is 1. The minimum absolute atomic E-state index is 0.715. The Morgan fingerprint density at radius 3 is 3.05 bits per heavy atom. The molecule has 3 atom stereocenters. The Kier molecular flexibility index (Phi) is 2.85. The van der Waals surface area contributed by atoms with Crippen LogP contribution in [0.4, 0.5) is 0 Å². The second-order valence-electron chi connectivity index (χ2n) is 7.38. The van der Waals surface area contributed by atoms with Crippen LogP contribution in [-0.2, 0) is 0 Å². The fourth-order valence-corrected chi connectivity index (χ4v) is 5.95. The maximum absolute atomic E-state index is 3.74. The molecule has 0 radical (unpaired) electrons. The molecule has 0 amide bonds. The topological polar surface area (TPSA) is 15.3 Å². The summed E-state index contributed by atoms with van der Waals surface area (Å²) in [6, 6.07) is 0.715. The van der Waals surface area contributed by atoms with Gasteiger partial charge in [-0.2, -0.15) is 0 Å². The zero-order valence-corrected chi connectivity index (χ0v) is 13.6. The molecule has 2 aliphatic carbocycles. The van der Waals surface area contributed by atoms with E-state index in [0.717, 1.165) is 30.8 Å². The number of rotatable bonds is 1. The van der Waals surface area contributed by atoms with Crippen LogP contribution in [-0.4, -0.2) is 30.6 Å². The van der Waals surface area contributed by atoms with Gasteiger partial charge in [-0.15, -0.1) is 11.8 Å². The van der Waals surface area contributed by atoms with Gasteiger partial charge in [-0.3, -0.25) is 0 Å². The van der Waals surface area contributed by atoms with Crippen molar-refractivity contribution in [1.82, 2.24) is 10.2 Å². The molecule has 2 nitrogen and oxygen atoms in total. The number of piperidine rings is 1. The molecule has 1 saturated carbocycles. The molecule has 1 N–H and O–H groups in total. The van der Waals surface area contributed by atoms with E-state index >= 15 is 0 Å². The van der Waals surface area contributed by atoms with Gasteiger partial charge < -0.3 is 10.2 Å².